The van der Waals surface area contributed by atoms with Crippen LogP contribution in [0.2, 0.25) is 0 Å². The number of rotatable bonds is 12. The van der Waals surface area contributed by atoms with Crippen LogP contribution in [0.15, 0.2) is 67.3 Å². The minimum Gasteiger partial charge on any atom is -0.497 e. The van der Waals surface area contributed by atoms with E-state index in [1.54, 1.807) is 68.6 Å². The Morgan fingerprint density at radius 3 is 2.21 bits per heavy atom. The average molecular weight is 474 g/mol. The lowest BCUT2D eigenvalue weighted by Crippen LogP contribution is -2.51. The third kappa shape index (κ3) is 8.03. The van der Waals surface area contributed by atoms with Crippen molar-refractivity contribution in [2.75, 3.05) is 26.5 Å². The molecule has 0 bridgehead atoms. The smallest absolute Gasteiger partial charge is 0.242 e. The third-order valence-electron chi connectivity index (χ3n) is 5.08. The van der Waals surface area contributed by atoms with Crippen molar-refractivity contribution in [2.24, 2.45) is 0 Å². The lowest BCUT2D eigenvalue weighted by Gasteiger charge is -2.31. The van der Waals surface area contributed by atoms with E-state index in [0.29, 0.717) is 5.75 Å². The molecule has 2 aromatic rings. The summed E-state index contributed by atoms with van der Waals surface area (Å²) in [6.45, 7) is 5.26. The highest BCUT2D eigenvalue weighted by Gasteiger charge is 2.29. The Morgan fingerprint density at radius 2 is 1.67 bits per heavy atom. The molecular weight excluding hydrogens is 442 g/mol. The Hall–Kier alpha value is -3.17. The Bertz CT molecular complexity index is 1040. The van der Waals surface area contributed by atoms with Gasteiger partial charge in [-0.25, -0.2) is 8.42 Å². The lowest BCUT2D eigenvalue weighted by atomic mass is 10.1. The van der Waals surface area contributed by atoms with Gasteiger partial charge in [0.1, 0.15) is 11.8 Å². The van der Waals surface area contributed by atoms with Gasteiger partial charge in [0.15, 0.2) is 0 Å². The molecular formula is C24H31N3O5S. The van der Waals surface area contributed by atoms with Crippen molar-refractivity contribution in [3.63, 3.8) is 0 Å². The number of carbonyl (C=O) groups is 2. The maximum Gasteiger partial charge on any atom is 0.242 e. The molecule has 0 aliphatic heterocycles. The molecule has 1 N–H and O–H groups in total. The number of hydrogen-bond donors (Lipinski definition) is 1. The van der Waals surface area contributed by atoms with Crippen molar-refractivity contribution < 1.29 is 22.7 Å². The molecule has 1 atom stereocenters. The summed E-state index contributed by atoms with van der Waals surface area (Å²) in [6.07, 6.45) is 2.61. The summed E-state index contributed by atoms with van der Waals surface area (Å²) >= 11 is 0. The van der Waals surface area contributed by atoms with Crippen LogP contribution in [0.4, 0.5) is 0 Å². The number of benzene rings is 2. The van der Waals surface area contributed by atoms with Crippen LogP contribution >= 0.6 is 0 Å². The van der Waals surface area contributed by atoms with E-state index in [9.17, 15) is 18.0 Å². The molecule has 0 aliphatic carbocycles. The monoisotopic (exact) mass is 473 g/mol. The van der Waals surface area contributed by atoms with Gasteiger partial charge in [-0.3, -0.25) is 9.59 Å². The van der Waals surface area contributed by atoms with E-state index in [-0.39, 0.29) is 32.1 Å². The van der Waals surface area contributed by atoms with Crippen LogP contribution in [0, 0.1) is 0 Å². The van der Waals surface area contributed by atoms with Gasteiger partial charge in [0, 0.05) is 19.6 Å². The van der Waals surface area contributed by atoms with E-state index < -0.39 is 22.0 Å². The molecule has 0 radical (unpaired) electrons. The minimum atomic E-state index is -3.68. The van der Waals surface area contributed by atoms with Gasteiger partial charge < -0.3 is 15.0 Å². The fourth-order valence-corrected chi connectivity index (χ4v) is 3.88. The number of methoxy groups -OCH3 is 1. The average Bonchev–Trinajstić information content (AvgIpc) is 2.80. The van der Waals surface area contributed by atoms with Gasteiger partial charge in [-0.05, 0) is 30.2 Å². The maximum absolute atomic E-state index is 13.3. The quantitative estimate of drug-likeness (QED) is 0.477. The Morgan fingerprint density at radius 1 is 1.06 bits per heavy atom. The van der Waals surface area contributed by atoms with E-state index in [2.05, 4.69) is 11.9 Å². The first-order valence-electron chi connectivity index (χ1n) is 10.5. The van der Waals surface area contributed by atoms with Gasteiger partial charge in [-0.2, -0.15) is 4.31 Å². The van der Waals surface area contributed by atoms with Gasteiger partial charge in [0.2, 0.25) is 21.8 Å². The topological polar surface area (TPSA) is 96.0 Å². The molecule has 0 fully saturated rings. The van der Waals surface area contributed by atoms with E-state index in [4.69, 9.17) is 4.74 Å². The van der Waals surface area contributed by atoms with Crippen molar-refractivity contribution in [3.05, 3.63) is 78.4 Å². The van der Waals surface area contributed by atoms with Crippen molar-refractivity contribution in [1.82, 2.24) is 14.5 Å². The van der Waals surface area contributed by atoms with Crippen molar-refractivity contribution in [1.29, 1.82) is 0 Å². The molecule has 0 heterocycles. The molecule has 0 spiro atoms. The number of nitrogens with one attached hydrogen (secondary N) is 1. The highest BCUT2D eigenvalue weighted by Crippen LogP contribution is 2.16. The molecule has 2 aromatic carbocycles. The zero-order chi connectivity index (χ0) is 24.4. The van der Waals surface area contributed by atoms with Crippen molar-refractivity contribution in [2.45, 2.75) is 26.1 Å². The summed E-state index contributed by atoms with van der Waals surface area (Å²) in [5, 5.41) is 2.69. The fraction of sp³-hybridized carbons (Fsp3) is 0.333. The first-order chi connectivity index (χ1) is 15.7. The van der Waals surface area contributed by atoms with Crippen LogP contribution in [0.3, 0.4) is 0 Å². The Labute approximate surface area is 195 Å². The zero-order valence-corrected chi connectivity index (χ0v) is 20.0. The minimum absolute atomic E-state index is 0.0544. The maximum atomic E-state index is 13.3. The summed E-state index contributed by atoms with van der Waals surface area (Å²) in [5.41, 5.74) is 1.54. The molecule has 178 valence electrons. The highest BCUT2D eigenvalue weighted by atomic mass is 32.2. The van der Waals surface area contributed by atoms with E-state index in [0.717, 1.165) is 21.7 Å². The molecule has 9 heteroatoms. The SMILES string of the molecule is C=CCNC(=O)[C@@H](C)N(Cc1ccc(OC)cc1)C(=O)CN(Cc1ccccc1)S(C)(=O)=O. The Balaban J connectivity index is 2.28. The number of hydrogen-bond acceptors (Lipinski definition) is 5. The molecule has 8 nitrogen and oxygen atoms in total. The molecule has 0 unspecified atom stereocenters. The van der Waals surface area contributed by atoms with Crippen LogP contribution in [0.1, 0.15) is 18.1 Å². The highest BCUT2D eigenvalue weighted by molar-refractivity contribution is 7.88. The van der Waals surface area contributed by atoms with Crippen molar-refractivity contribution in [3.8, 4) is 5.75 Å². The van der Waals surface area contributed by atoms with Gasteiger partial charge >= 0.3 is 0 Å². The second-order valence-electron chi connectivity index (χ2n) is 7.60. The fourth-order valence-electron chi connectivity index (χ4n) is 3.15. The summed E-state index contributed by atoms with van der Waals surface area (Å²) < 4.78 is 31.1. The molecule has 2 amide bonds. The summed E-state index contributed by atoms with van der Waals surface area (Å²) in [5.74, 6) is -0.168. The lowest BCUT2D eigenvalue weighted by molar-refractivity contribution is -0.140. The summed E-state index contributed by atoms with van der Waals surface area (Å²) in [7, 11) is -2.12. The largest absolute Gasteiger partial charge is 0.497 e. The van der Waals surface area contributed by atoms with Gasteiger partial charge in [0.05, 0.1) is 19.9 Å². The Kier molecular flexibility index (Phi) is 9.62. The normalized spacial score (nSPS) is 12.1. The van der Waals surface area contributed by atoms with Crippen molar-refractivity contribution >= 4 is 21.8 Å². The molecule has 0 saturated carbocycles. The van der Waals surface area contributed by atoms with Gasteiger partial charge in [0.25, 0.3) is 0 Å². The molecule has 0 saturated heterocycles. The number of ether oxygens (including phenoxy) is 1. The van der Waals surface area contributed by atoms with E-state index in [1.165, 1.54) is 4.90 Å². The van der Waals surface area contributed by atoms with Crippen LogP contribution in [-0.4, -0.2) is 61.9 Å². The molecule has 0 aromatic heterocycles. The number of carbonyl (C=O) groups excluding carboxylic acids is 2. The zero-order valence-electron chi connectivity index (χ0n) is 19.2. The second-order valence-corrected chi connectivity index (χ2v) is 9.58. The van der Waals surface area contributed by atoms with Crippen LogP contribution in [-0.2, 0) is 32.7 Å². The van der Waals surface area contributed by atoms with Crippen LogP contribution in [0.25, 0.3) is 0 Å². The first kappa shape index (κ1) is 26.1. The summed E-state index contributed by atoms with van der Waals surface area (Å²) in [6, 6.07) is 15.3. The van der Waals surface area contributed by atoms with E-state index in [1.807, 2.05) is 6.07 Å². The van der Waals surface area contributed by atoms with E-state index >= 15 is 0 Å². The number of sulfonamides is 1. The number of nitrogens with zero attached hydrogens (tertiary/aromatic N) is 2. The standard InChI is InChI=1S/C24H31N3O5S/c1-5-15-25-24(29)19(2)27(17-21-11-13-22(32-3)14-12-21)23(28)18-26(33(4,30)31)16-20-9-7-6-8-10-20/h5-14,19H,1,15-18H2,2-4H3,(H,25,29)/t19-/m1/s1. The predicted octanol–water partition coefficient (Wildman–Crippen LogP) is 2.18. The molecule has 33 heavy (non-hydrogen) atoms. The van der Waals surface area contributed by atoms with Gasteiger partial charge in [-0.15, -0.1) is 6.58 Å². The van der Waals surface area contributed by atoms with Crippen LogP contribution < -0.4 is 10.1 Å². The number of amides is 2. The first-order valence-corrected chi connectivity index (χ1v) is 12.3. The predicted molar refractivity (Wildman–Crippen MR) is 128 cm³/mol. The second kappa shape index (κ2) is 12.2. The third-order valence-corrected chi connectivity index (χ3v) is 6.28. The molecule has 0 aliphatic rings. The molecule has 2 rings (SSSR count). The van der Waals surface area contributed by atoms with Crippen LogP contribution in [0.5, 0.6) is 5.75 Å². The van der Waals surface area contributed by atoms with Gasteiger partial charge in [-0.1, -0.05) is 48.5 Å². The summed E-state index contributed by atoms with van der Waals surface area (Å²) in [4.78, 5) is 27.3.